The van der Waals surface area contributed by atoms with Gasteiger partial charge in [0.15, 0.2) is 11.5 Å². The van der Waals surface area contributed by atoms with E-state index >= 15 is 0 Å². The summed E-state index contributed by atoms with van der Waals surface area (Å²) in [6, 6.07) is 1.91. The van der Waals surface area contributed by atoms with Crippen LogP contribution in [-0.4, -0.2) is 25.9 Å². The van der Waals surface area contributed by atoms with Gasteiger partial charge < -0.3 is 14.6 Å². The Kier molecular flexibility index (Phi) is 4.42. The highest BCUT2D eigenvalue weighted by molar-refractivity contribution is 9.10. The molecule has 0 heterocycles. The van der Waals surface area contributed by atoms with Gasteiger partial charge in [-0.2, -0.15) is 0 Å². The molecular formula is C11H15BrO3. The number of hydrogen-bond donors (Lipinski definition) is 1. The highest BCUT2D eigenvalue weighted by atomic mass is 79.9. The van der Waals surface area contributed by atoms with Gasteiger partial charge >= 0.3 is 0 Å². The van der Waals surface area contributed by atoms with Gasteiger partial charge in [-0.05, 0) is 46.5 Å². The van der Waals surface area contributed by atoms with Crippen molar-refractivity contribution >= 4 is 15.9 Å². The number of aliphatic hydroxyl groups excluding tert-OH is 1. The van der Waals surface area contributed by atoms with E-state index < -0.39 is 0 Å². The number of halogens is 1. The predicted molar refractivity (Wildman–Crippen MR) is 62.8 cm³/mol. The van der Waals surface area contributed by atoms with Gasteiger partial charge in [0, 0.05) is 6.61 Å². The smallest absolute Gasteiger partial charge is 0.175 e. The van der Waals surface area contributed by atoms with Gasteiger partial charge in [0.05, 0.1) is 18.7 Å². The highest BCUT2D eigenvalue weighted by Crippen LogP contribution is 2.39. The van der Waals surface area contributed by atoms with Crippen molar-refractivity contribution in [3.8, 4) is 11.5 Å². The van der Waals surface area contributed by atoms with Crippen LogP contribution in [0.15, 0.2) is 10.5 Å². The van der Waals surface area contributed by atoms with Crippen LogP contribution in [0.4, 0.5) is 0 Å². The third-order valence-corrected chi connectivity index (χ3v) is 3.14. The minimum atomic E-state index is 0.120. The average Bonchev–Trinajstić information content (AvgIpc) is 2.23. The Labute approximate surface area is 98.1 Å². The summed E-state index contributed by atoms with van der Waals surface area (Å²) in [5.74, 6) is 1.37. The first-order chi connectivity index (χ1) is 7.15. The molecule has 1 aromatic carbocycles. The highest BCUT2D eigenvalue weighted by Gasteiger charge is 2.15. The van der Waals surface area contributed by atoms with Gasteiger partial charge in [0.2, 0.25) is 0 Å². The van der Waals surface area contributed by atoms with Crippen LogP contribution in [0.1, 0.15) is 11.1 Å². The van der Waals surface area contributed by atoms with Gasteiger partial charge in [0.25, 0.3) is 0 Å². The maximum atomic E-state index is 8.97. The van der Waals surface area contributed by atoms with Crippen LogP contribution in [-0.2, 0) is 6.42 Å². The first kappa shape index (κ1) is 12.3. The first-order valence-electron chi connectivity index (χ1n) is 4.66. The summed E-state index contributed by atoms with van der Waals surface area (Å²) in [5, 5.41) is 8.97. The summed E-state index contributed by atoms with van der Waals surface area (Å²) in [6.07, 6.45) is 0.604. The first-order valence-corrected chi connectivity index (χ1v) is 5.45. The van der Waals surface area contributed by atoms with Crippen molar-refractivity contribution in [1.29, 1.82) is 0 Å². The van der Waals surface area contributed by atoms with Crippen molar-refractivity contribution in [2.45, 2.75) is 13.3 Å². The molecule has 0 spiro atoms. The second kappa shape index (κ2) is 5.37. The van der Waals surface area contributed by atoms with Crippen molar-refractivity contribution in [2.75, 3.05) is 20.8 Å². The minimum absolute atomic E-state index is 0.120. The number of rotatable bonds is 4. The van der Waals surface area contributed by atoms with Crippen LogP contribution in [0.25, 0.3) is 0 Å². The van der Waals surface area contributed by atoms with Gasteiger partial charge in [-0.15, -0.1) is 0 Å². The standard InChI is InChI=1S/C11H15BrO3/c1-7-6-9(14-2)11(15-3)10(12)8(7)4-5-13/h6,13H,4-5H2,1-3H3. The van der Waals surface area contributed by atoms with Crippen LogP contribution in [0.2, 0.25) is 0 Å². The van der Waals surface area contributed by atoms with E-state index in [4.69, 9.17) is 14.6 Å². The lowest BCUT2D eigenvalue weighted by molar-refractivity contribution is 0.298. The molecule has 0 fully saturated rings. The zero-order chi connectivity index (χ0) is 11.4. The van der Waals surface area contributed by atoms with Crippen molar-refractivity contribution in [3.63, 3.8) is 0 Å². The Bertz CT molecular complexity index is 350. The molecule has 0 aromatic heterocycles. The molecule has 4 heteroatoms. The monoisotopic (exact) mass is 274 g/mol. The molecule has 1 aromatic rings. The zero-order valence-electron chi connectivity index (χ0n) is 9.13. The molecule has 0 radical (unpaired) electrons. The van der Waals surface area contributed by atoms with Crippen molar-refractivity contribution in [1.82, 2.24) is 0 Å². The van der Waals surface area contributed by atoms with E-state index in [9.17, 15) is 0 Å². The number of aliphatic hydroxyl groups is 1. The second-order valence-corrected chi connectivity index (χ2v) is 3.99. The van der Waals surface area contributed by atoms with Crippen molar-refractivity contribution < 1.29 is 14.6 Å². The van der Waals surface area contributed by atoms with Crippen molar-refractivity contribution in [2.24, 2.45) is 0 Å². The van der Waals surface area contributed by atoms with Crippen LogP contribution in [0, 0.1) is 6.92 Å². The van der Waals surface area contributed by atoms with Crippen LogP contribution in [0.5, 0.6) is 11.5 Å². The normalized spacial score (nSPS) is 10.2. The quantitative estimate of drug-likeness (QED) is 0.916. The molecule has 0 amide bonds. The molecule has 0 aliphatic heterocycles. The molecular weight excluding hydrogens is 260 g/mol. The summed E-state index contributed by atoms with van der Waals surface area (Å²) < 4.78 is 11.3. The molecule has 0 aliphatic rings. The predicted octanol–water partition coefficient (Wildman–Crippen LogP) is 2.31. The lowest BCUT2D eigenvalue weighted by atomic mass is 10.1. The molecule has 84 valence electrons. The molecule has 0 bridgehead atoms. The number of methoxy groups -OCH3 is 2. The zero-order valence-corrected chi connectivity index (χ0v) is 10.7. The minimum Gasteiger partial charge on any atom is -0.493 e. The molecule has 0 saturated carbocycles. The summed E-state index contributed by atoms with van der Waals surface area (Å²) in [6.45, 7) is 2.10. The van der Waals surface area contributed by atoms with E-state index in [0.29, 0.717) is 17.9 Å². The van der Waals surface area contributed by atoms with Gasteiger partial charge in [0.1, 0.15) is 0 Å². The summed E-state index contributed by atoms with van der Waals surface area (Å²) >= 11 is 3.47. The van der Waals surface area contributed by atoms with Crippen molar-refractivity contribution in [3.05, 3.63) is 21.7 Å². The molecule has 0 saturated heterocycles. The third-order valence-electron chi connectivity index (χ3n) is 2.30. The van der Waals surface area contributed by atoms with Crippen LogP contribution in [0.3, 0.4) is 0 Å². The lowest BCUT2D eigenvalue weighted by Gasteiger charge is -2.15. The number of hydrogen-bond acceptors (Lipinski definition) is 3. The molecule has 3 nitrogen and oxygen atoms in total. The Hall–Kier alpha value is -0.740. The second-order valence-electron chi connectivity index (χ2n) is 3.20. The average molecular weight is 275 g/mol. The summed E-state index contributed by atoms with van der Waals surface area (Å²) in [4.78, 5) is 0. The molecule has 0 atom stereocenters. The number of ether oxygens (including phenoxy) is 2. The summed E-state index contributed by atoms with van der Waals surface area (Å²) in [5.41, 5.74) is 2.13. The SMILES string of the molecule is COc1cc(C)c(CCO)c(Br)c1OC. The van der Waals surface area contributed by atoms with Crippen LogP contribution >= 0.6 is 15.9 Å². The Morgan fingerprint density at radius 2 is 2.00 bits per heavy atom. The fraction of sp³-hybridized carbons (Fsp3) is 0.455. The lowest BCUT2D eigenvalue weighted by Crippen LogP contribution is -2.00. The topological polar surface area (TPSA) is 38.7 Å². The van der Waals surface area contributed by atoms with E-state index in [1.54, 1.807) is 14.2 Å². The van der Waals surface area contributed by atoms with E-state index in [0.717, 1.165) is 15.6 Å². The Balaban J connectivity index is 3.31. The summed E-state index contributed by atoms with van der Waals surface area (Å²) in [7, 11) is 3.20. The maximum absolute atomic E-state index is 8.97. The van der Waals surface area contributed by atoms with E-state index in [2.05, 4.69) is 15.9 Å². The van der Waals surface area contributed by atoms with Gasteiger partial charge in [-0.1, -0.05) is 0 Å². The maximum Gasteiger partial charge on any atom is 0.175 e. The third kappa shape index (κ3) is 2.44. The van der Waals surface area contributed by atoms with Crippen LogP contribution < -0.4 is 9.47 Å². The van der Waals surface area contributed by atoms with E-state index in [-0.39, 0.29) is 6.61 Å². The molecule has 15 heavy (non-hydrogen) atoms. The molecule has 1 rings (SSSR count). The number of aryl methyl sites for hydroxylation is 1. The Morgan fingerprint density at radius 1 is 1.33 bits per heavy atom. The largest absolute Gasteiger partial charge is 0.493 e. The molecule has 0 aliphatic carbocycles. The number of benzene rings is 1. The fourth-order valence-electron chi connectivity index (χ4n) is 1.53. The Morgan fingerprint density at radius 3 is 2.47 bits per heavy atom. The molecule has 0 unspecified atom stereocenters. The van der Waals surface area contributed by atoms with Gasteiger partial charge in [-0.25, -0.2) is 0 Å². The van der Waals surface area contributed by atoms with Gasteiger partial charge in [-0.3, -0.25) is 0 Å². The molecule has 1 N–H and O–H groups in total. The van der Waals surface area contributed by atoms with E-state index in [1.807, 2.05) is 13.0 Å². The fourth-order valence-corrected chi connectivity index (χ4v) is 2.40. The van der Waals surface area contributed by atoms with E-state index in [1.165, 1.54) is 0 Å².